The average Bonchev–Trinajstić information content (AvgIpc) is 2.28. The van der Waals surface area contributed by atoms with Crippen LogP contribution in [0.5, 0.6) is 0 Å². The highest BCUT2D eigenvalue weighted by atomic mass is 35.5. The highest BCUT2D eigenvalue weighted by molar-refractivity contribution is 6.30. The highest BCUT2D eigenvalue weighted by Crippen LogP contribution is 2.08. The fraction of sp³-hybridized carbons (Fsp3) is 0.357. The molecule has 0 saturated heterocycles. The summed E-state index contributed by atoms with van der Waals surface area (Å²) in [5, 5.41) is 0.734. The van der Waals surface area contributed by atoms with Gasteiger partial charge in [-0.05, 0) is 24.1 Å². The molecule has 1 nitrogen and oxygen atoms in total. The number of hydrogen-bond donors (Lipinski definition) is 0. The largest absolute Gasteiger partial charge is 0.280 e. The summed E-state index contributed by atoms with van der Waals surface area (Å²) < 4.78 is 0. The Morgan fingerprint density at radius 3 is 3.00 bits per heavy atom. The lowest BCUT2D eigenvalue weighted by molar-refractivity contribution is 0.827. The van der Waals surface area contributed by atoms with Crippen molar-refractivity contribution in [2.45, 2.75) is 26.2 Å². The normalized spacial score (nSPS) is 10.1. The van der Waals surface area contributed by atoms with E-state index in [1.54, 1.807) is 6.21 Å². The van der Waals surface area contributed by atoms with E-state index >= 15 is 0 Å². The molecule has 0 spiro atoms. The van der Waals surface area contributed by atoms with Crippen molar-refractivity contribution in [1.82, 2.24) is 0 Å². The van der Waals surface area contributed by atoms with Crippen LogP contribution < -0.4 is 0 Å². The summed E-state index contributed by atoms with van der Waals surface area (Å²) in [7, 11) is 0. The molecular formula is C14H16ClN. The predicted octanol–water partition coefficient (Wildman–Crippen LogP) is 3.95. The van der Waals surface area contributed by atoms with Gasteiger partial charge in [-0.25, -0.2) is 0 Å². The Kier molecular flexibility index (Phi) is 6.37. The Morgan fingerprint density at radius 2 is 2.25 bits per heavy atom. The first-order chi connectivity index (χ1) is 7.83. The molecule has 0 radical (unpaired) electrons. The van der Waals surface area contributed by atoms with Crippen LogP contribution in [-0.2, 0) is 0 Å². The van der Waals surface area contributed by atoms with Crippen LogP contribution in [0.25, 0.3) is 0 Å². The molecule has 1 rings (SSSR count). The summed E-state index contributed by atoms with van der Waals surface area (Å²) in [6.07, 6.45) is 5.15. The van der Waals surface area contributed by atoms with Crippen molar-refractivity contribution in [1.29, 1.82) is 0 Å². The molecule has 1 aromatic rings. The number of halogens is 1. The summed E-state index contributed by atoms with van der Waals surface area (Å²) in [6, 6.07) is 7.62. The van der Waals surface area contributed by atoms with E-state index in [-0.39, 0.29) is 0 Å². The molecule has 0 atom stereocenters. The van der Waals surface area contributed by atoms with Crippen molar-refractivity contribution in [3.63, 3.8) is 0 Å². The monoisotopic (exact) mass is 233 g/mol. The fourth-order valence-electron chi connectivity index (χ4n) is 1.19. The van der Waals surface area contributed by atoms with Crippen LogP contribution in [0.4, 0.5) is 0 Å². The zero-order valence-corrected chi connectivity index (χ0v) is 10.3. The van der Waals surface area contributed by atoms with E-state index < -0.39 is 0 Å². The Bertz CT molecular complexity index is 399. The quantitative estimate of drug-likeness (QED) is 0.424. The van der Waals surface area contributed by atoms with Gasteiger partial charge in [-0.2, -0.15) is 0 Å². The number of aliphatic imine (C=N–C) groups is 1. The molecule has 16 heavy (non-hydrogen) atoms. The van der Waals surface area contributed by atoms with Gasteiger partial charge in [0.15, 0.2) is 0 Å². The average molecular weight is 234 g/mol. The minimum absolute atomic E-state index is 0.566. The van der Waals surface area contributed by atoms with Crippen molar-refractivity contribution in [3.8, 4) is 11.8 Å². The summed E-state index contributed by atoms with van der Waals surface area (Å²) in [6.45, 7) is 2.73. The molecule has 2 heteroatoms. The zero-order valence-electron chi connectivity index (χ0n) is 9.54. The molecule has 0 unspecified atom stereocenters. The summed E-state index contributed by atoms with van der Waals surface area (Å²) in [4.78, 5) is 4.22. The fourth-order valence-corrected chi connectivity index (χ4v) is 1.39. The van der Waals surface area contributed by atoms with Gasteiger partial charge in [-0.1, -0.05) is 43.0 Å². The van der Waals surface area contributed by atoms with E-state index in [1.807, 2.05) is 24.3 Å². The Labute approximate surface area is 103 Å². The molecule has 0 amide bonds. The van der Waals surface area contributed by atoms with Gasteiger partial charge in [-0.15, -0.1) is 5.92 Å². The van der Waals surface area contributed by atoms with Crippen LogP contribution in [0.1, 0.15) is 31.7 Å². The smallest absolute Gasteiger partial charge is 0.0997 e. The van der Waals surface area contributed by atoms with Crippen LogP contribution in [0.2, 0.25) is 5.02 Å². The Hall–Kier alpha value is -1.26. The molecule has 1 aromatic carbocycles. The van der Waals surface area contributed by atoms with E-state index in [2.05, 4.69) is 23.8 Å². The number of rotatable bonds is 4. The van der Waals surface area contributed by atoms with Gasteiger partial charge < -0.3 is 0 Å². The van der Waals surface area contributed by atoms with Gasteiger partial charge in [0, 0.05) is 17.7 Å². The summed E-state index contributed by atoms with van der Waals surface area (Å²) >= 11 is 5.85. The van der Waals surface area contributed by atoms with Crippen molar-refractivity contribution in [3.05, 3.63) is 34.9 Å². The Morgan fingerprint density at radius 1 is 1.38 bits per heavy atom. The lowest BCUT2D eigenvalue weighted by atomic mass is 10.2. The molecule has 0 saturated carbocycles. The standard InChI is InChI=1S/C14H16ClN/c1-2-3-4-5-6-10-16-12-13-8-7-9-14(15)11-13/h7-9,11-12H,2-4,10H2,1H3/b16-12+. The number of hydrogen-bond acceptors (Lipinski definition) is 1. The maximum atomic E-state index is 5.85. The maximum absolute atomic E-state index is 5.85. The van der Waals surface area contributed by atoms with Crippen molar-refractivity contribution in [2.24, 2.45) is 4.99 Å². The molecule has 0 bridgehead atoms. The SMILES string of the molecule is CCCCC#CC/N=C/c1cccc(Cl)c1. The summed E-state index contributed by atoms with van der Waals surface area (Å²) in [5.41, 5.74) is 1.02. The summed E-state index contributed by atoms with van der Waals surface area (Å²) in [5.74, 6) is 6.12. The maximum Gasteiger partial charge on any atom is 0.0997 e. The van der Waals surface area contributed by atoms with Crippen molar-refractivity contribution >= 4 is 17.8 Å². The minimum atomic E-state index is 0.566. The molecule has 0 N–H and O–H groups in total. The number of benzene rings is 1. The molecule has 84 valence electrons. The zero-order chi connectivity index (χ0) is 11.6. The molecule has 0 heterocycles. The van der Waals surface area contributed by atoms with Gasteiger partial charge in [0.2, 0.25) is 0 Å². The van der Waals surface area contributed by atoms with Gasteiger partial charge >= 0.3 is 0 Å². The van der Waals surface area contributed by atoms with E-state index in [0.29, 0.717) is 6.54 Å². The van der Waals surface area contributed by atoms with Gasteiger partial charge in [-0.3, -0.25) is 4.99 Å². The van der Waals surface area contributed by atoms with Gasteiger partial charge in [0.05, 0.1) is 6.54 Å². The van der Waals surface area contributed by atoms with Crippen LogP contribution in [0, 0.1) is 11.8 Å². The van der Waals surface area contributed by atoms with E-state index in [1.165, 1.54) is 12.8 Å². The Balaban J connectivity index is 2.34. The van der Waals surface area contributed by atoms with Crippen LogP contribution >= 0.6 is 11.6 Å². The molecule has 0 fully saturated rings. The molecular weight excluding hydrogens is 218 g/mol. The third-order valence-electron chi connectivity index (χ3n) is 2.04. The number of unbranched alkanes of at least 4 members (excludes halogenated alkanes) is 2. The second-order valence-corrected chi connectivity index (χ2v) is 3.92. The van der Waals surface area contributed by atoms with Crippen LogP contribution in [-0.4, -0.2) is 12.8 Å². The number of nitrogens with zero attached hydrogens (tertiary/aromatic N) is 1. The van der Waals surface area contributed by atoms with Crippen molar-refractivity contribution < 1.29 is 0 Å². The van der Waals surface area contributed by atoms with Gasteiger partial charge in [0.25, 0.3) is 0 Å². The van der Waals surface area contributed by atoms with Crippen LogP contribution in [0.15, 0.2) is 29.3 Å². The van der Waals surface area contributed by atoms with E-state index in [4.69, 9.17) is 11.6 Å². The third-order valence-corrected chi connectivity index (χ3v) is 2.27. The molecule has 0 aliphatic heterocycles. The first kappa shape index (κ1) is 12.8. The minimum Gasteiger partial charge on any atom is -0.280 e. The first-order valence-electron chi connectivity index (χ1n) is 5.54. The lowest BCUT2D eigenvalue weighted by Crippen LogP contribution is -1.82. The van der Waals surface area contributed by atoms with Crippen molar-refractivity contribution in [2.75, 3.05) is 6.54 Å². The first-order valence-corrected chi connectivity index (χ1v) is 5.92. The molecule has 0 aromatic heterocycles. The van der Waals surface area contributed by atoms with Gasteiger partial charge in [0.1, 0.15) is 0 Å². The van der Waals surface area contributed by atoms with E-state index in [9.17, 15) is 0 Å². The molecule has 0 aliphatic rings. The van der Waals surface area contributed by atoms with Crippen LogP contribution in [0.3, 0.4) is 0 Å². The predicted molar refractivity (Wildman–Crippen MR) is 71.2 cm³/mol. The lowest BCUT2D eigenvalue weighted by Gasteiger charge is -1.92. The highest BCUT2D eigenvalue weighted by Gasteiger charge is 1.88. The van der Waals surface area contributed by atoms with E-state index in [0.717, 1.165) is 17.0 Å². The second-order valence-electron chi connectivity index (χ2n) is 3.48. The topological polar surface area (TPSA) is 12.4 Å². The second kappa shape index (κ2) is 7.96. The molecule has 0 aliphatic carbocycles. The third kappa shape index (κ3) is 5.58.